The van der Waals surface area contributed by atoms with E-state index < -0.39 is 51.2 Å². The summed E-state index contributed by atoms with van der Waals surface area (Å²) >= 11 is 0. The number of phosphoric acid groups is 1. The predicted molar refractivity (Wildman–Crippen MR) is 232 cm³/mol. The molecule has 4 N–H and O–H groups in total. The van der Waals surface area contributed by atoms with Crippen LogP contribution >= 0.6 is 7.82 Å². The number of anilines is 1. The molecule has 0 aliphatic carbocycles. The van der Waals surface area contributed by atoms with E-state index in [1.54, 1.807) is 6.20 Å². The second kappa shape index (κ2) is 32.5. The molecular weight excluding hydrogens is 893 g/mol. The van der Waals surface area contributed by atoms with Crippen LogP contribution in [0.15, 0.2) is 48.8 Å². The Bertz CT molecular complexity index is 1900. The summed E-state index contributed by atoms with van der Waals surface area (Å²) in [6.45, 7) is 1.89. The van der Waals surface area contributed by atoms with Gasteiger partial charge in [0.15, 0.2) is 6.10 Å². The largest absolute Gasteiger partial charge is 0.472 e. The number of ether oxygens (including phenoxy) is 7. The molecule has 3 rings (SSSR count). The van der Waals surface area contributed by atoms with E-state index in [0.717, 1.165) is 22.5 Å². The van der Waals surface area contributed by atoms with Crippen molar-refractivity contribution < 1.29 is 86.2 Å². The number of carbonyl (C=O) groups is 4. The fourth-order valence-electron chi connectivity index (χ4n) is 5.44. The van der Waals surface area contributed by atoms with Gasteiger partial charge in [-0.15, -0.1) is 5.10 Å². The minimum absolute atomic E-state index is 0.00540. The highest BCUT2D eigenvalue weighted by molar-refractivity contribution is 7.47. The van der Waals surface area contributed by atoms with Crippen LogP contribution in [-0.4, -0.2) is 170 Å². The van der Waals surface area contributed by atoms with Gasteiger partial charge in [0, 0.05) is 50.1 Å². The van der Waals surface area contributed by atoms with Crippen LogP contribution in [0.3, 0.4) is 0 Å². The number of aromatic nitrogens is 4. The van der Waals surface area contributed by atoms with Gasteiger partial charge in [0.1, 0.15) is 31.6 Å². The fraction of sp³-hybridized carbons (Fsp3) is 0.548. The second-order valence-corrected chi connectivity index (χ2v) is 15.7. The van der Waals surface area contributed by atoms with E-state index in [-0.39, 0.29) is 91.7 Å². The van der Waals surface area contributed by atoms with Gasteiger partial charge in [-0.3, -0.25) is 33.2 Å². The maximum absolute atomic E-state index is 12.3. The molecule has 24 heteroatoms. The van der Waals surface area contributed by atoms with Crippen LogP contribution in [0.4, 0.5) is 5.69 Å². The van der Waals surface area contributed by atoms with Crippen molar-refractivity contribution >= 4 is 50.5 Å². The number of benzene rings is 1. The zero-order valence-corrected chi connectivity index (χ0v) is 37.7. The Morgan fingerprint density at radius 3 is 2.17 bits per heavy atom. The molecule has 0 bridgehead atoms. The normalized spacial score (nSPS) is 13.7. The van der Waals surface area contributed by atoms with E-state index in [9.17, 15) is 38.8 Å². The quantitative estimate of drug-likeness (QED) is 0.0208. The van der Waals surface area contributed by atoms with Gasteiger partial charge in [-0.2, -0.15) is 0 Å². The van der Waals surface area contributed by atoms with Crippen molar-refractivity contribution in [3.8, 4) is 0 Å². The average Bonchev–Trinajstić information content (AvgIpc) is 3.79. The molecule has 0 saturated heterocycles. The number of aryl methyl sites for hydroxylation is 1. The molecule has 3 aromatic rings. The number of phosphoric ester groups is 1. The Hall–Kier alpha value is -5.20. The first-order valence-electron chi connectivity index (χ1n) is 21.0. The van der Waals surface area contributed by atoms with Crippen molar-refractivity contribution in [1.29, 1.82) is 0 Å². The van der Waals surface area contributed by atoms with E-state index >= 15 is 0 Å². The van der Waals surface area contributed by atoms with Crippen LogP contribution in [0.2, 0.25) is 0 Å². The zero-order chi connectivity index (χ0) is 47.8. The SMILES string of the molecule is Cc1ccc(/C=C/c2ccc(N(CCOCC(O)CO)CCOCC(CO)n3cc(COC(=O)CCCOCCOC(=O)CCCOP(=O)(O)OCC(COC=O)OC=O)nn3)cc2)cn1. The maximum Gasteiger partial charge on any atom is 0.472 e. The van der Waals surface area contributed by atoms with E-state index in [4.69, 9.17) is 37.8 Å². The lowest BCUT2D eigenvalue weighted by atomic mass is 10.1. The number of hydrogen-bond acceptors (Lipinski definition) is 21. The lowest BCUT2D eigenvalue weighted by Gasteiger charge is -2.25. The summed E-state index contributed by atoms with van der Waals surface area (Å²) < 4.78 is 59.0. The Morgan fingerprint density at radius 2 is 1.48 bits per heavy atom. The maximum atomic E-state index is 12.3. The van der Waals surface area contributed by atoms with E-state index in [1.165, 1.54) is 4.68 Å². The number of aliphatic hydroxyl groups excluding tert-OH is 3. The first kappa shape index (κ1) is 55.1. The average molecular weight is 954 g/mol. The third kappa shape index (κ3) is 23.8. The molecule has 66 heavy (non-hydrogen) atoms. The Morgan fingerprint density at radius 1 is 0.788 bits per heavy atom. The highest BCUT2D eigenvalue weighted by Gasteiger charge is 2.24. The first-order valence-corrected chi connectivity index (χ1v) is 22.5. The summed E-state index contributed by atoms with van der Waals surface area (Å²) in [5.74, 6) is -1.09. The van der Waals surface area contributed by atoms with Gasteiger partial charge >= 0.3 is 19.8 Å². The van der Waals surface area contributed by atoms with Crippen LogP contribution in [-0.2, 0) is 72.6 Å². The summed E-state index contributed by atoms with van der Waals surface area (Å²) in [7, 11) is -4.54. The Labute approximate surface area is 382 Å². The summed E-state index contributed by atoms with van der Waals surface area (Å²) in [6, 6.07) is 11.4. The molecular formula is C42H60N5O18P. The van der Waals surface area contributed by atoms with Crippen LogP contribution in [0, 0.1) is 6.92 Å². The summed E-state index contributed by atoms with van der Waals surface area (Å²) in [6.07, 6.45) is 5.59. The molecule has 0 aliphatic heterocycles. The fourth-order valence-corrected chi connectivity index (χ4v) is 6.23. The molecule has 23 nitrogen and oxygen atoms in total. The molecule has 1 aromatic carbocycles. The van der Waals surface area contributed by atoms with E-state index in [1.807, 2.05) is 61.7 Å². The van der Waals surface area contributed by atoms with Crippen LogP contribution in [0.1, 0.15) is 54.2 Å². The van der Waals surface area contributed by atoms with Crippen LogP contribution < -0.4 is 4.90 Å². The van der Waals surface area contributed by atoms with Crippen molar-refractivity contribution in [3.05, 3.63) is 71.3 Å². The van der Waals surface area contributed by atoms with Gasteiger partial charge in [-0.05, 0) is 49.1 Å². The minimum atomic E-state index is -4.54. The monoisotopic (exact) mass is 953 g/mol. The van der Waals surface area contributed by atoms with Crippen molar-refractivity contribution in [2.45, 2.75) is 57.5 Å². The standard InChI is InChI=1S/C42H60N5O18P/c1-33-6-7-35(22-43-33)9-8-34-10-12-37(13-11-34)46(15-19-59-28-39(52)25-49)14-18-58-27-38(24-48)47-23-36(44-45-47)26-62-42(54)4-2-16-57-20-21-61-41(53)5-3-17-64-66(55,56)65-30-40(63-32-51)29-60-31-50/h6-13,22-23,31-32,38-40,48-49,52H,2-5,14-21,24-30H2,1H3,(H,55,56)/b9-8+. The molecule has 0 aliphatic rings. The topological polar surface area (TPSA) is 296 Å². The molecule has 0 fully saturated rings. The third-order valence-corrected chi connectivity index (χ3v) is 9.97. The van der Waals surface area contributed by atoms with Crippen molar-refractivity contribution in [3.63, 3.8) is 0 Å². The number of esters is 2. The molecule has 4 unspecified atom stereocenters. The molecule has 4 atom stereocenters. The summed E-state index contributed by atoms with van der Waals surface area (Å²) in [4.78, 5) is 61.1. The highest BCUT2D eigenvalue weighted by atomic mass is 31.2. The molecule has 2 heterocycles. The number of carbonyl (C=O) groups excluding carboxylic acids is 4. The molecule has 0 spiro atoms. The number of pyridine rings is 1. The third-order valence-electron chi connectivity index (χ3n) is 8.99. The highest BCUT2D eigenvalue weighted by Crippen LogP contribution is 2.43. The lowest BCUT2D eigenvalue weighted by molar-refractivity contribution is -0.145. The molecule has 2 aromatic heterocycles. The number of aliphatic hydroxyl groups is 3. The minimum Gasteiger partial charge on any atom is -0.464 e. The molecule has 366 valence electrons. The first-order chi connectivity index (χ1) is 31.9. The lowest BCUT2D eigenvalue weighted by Crippen LogP contribution is -2.32. The number of nitrogens with zero attached hydrogens (tertiary/aromatic N) is 5. The van der Waals surface area contributed by atoms with Crippen LogP contribution in [0.5, 0.6) is 0 Å². The van der Waals surface area contributed by atoms with Gasteiger partial charge in [-0.25, -0.2) is 9.25 Å². The number of rotatable bonds is 38. The number of hydrogen-bond donors (Lipinski definition) is 4. The summed E-state index contributed by atoms with van der Waals surface area (Å²) in [5, 5.41) is 36.9. The smallest absolute Gasteiger partial charge is 0.464 e. The Kier molecular flexibility index (Phi) is 27.1. The second-order valence-electron chi connectivity index (χ2n) is 14.2. The van der Waals surface area contributed by atoms with Crippen molar-refractivity contribution in [2.24, 2.45) is 0 Å². The van der Waals surface area contributed by atoms with Crippen LogP contribution in [0.25, 0.3) is 12.2 Å². The van der Waals surface area contributed by atoms with Crippen molar-refractivity contribution in [2.75, 3.05) is 97.3 Å². The predicted octanol–water partition coefficient (Wildman–Crippen LogP) is 1.59. The molecule has 0 saturated carbocycles. The van der Waals surface area contributed by atoms with Gasteiger partial charge in [0.25, 0.3) is 12.9 Å². The zero-order valence-electron chi connectivity index (χ0n) is 36.8. The van der Waals surface area contributed by atoms with E-state index in [0.29, 0.717) is 38.4 Å². The summed E-state index contributed by atoms with van der Waals surface area (Å²) in [5.41, 5.74) is 4.23. The van der Waals surface area contributed by atoms with Gasteiger partial charge < -0.3 is 58.3 Å². The van der Waals surface area contributed by atoms with Crippen molar-refractivity contribution in [1.82, 2.24) is 20.0 Å². The van der Waals surface area contributed by atoms with Gasteiger partial charge in [0.05, 0.1) is 71.7 Å². The van der Waals surface area contributed by atoms with Gasteiger partial charge in [-0.1, -0.05) is 35.6 Å². The van der Waals surface area contributed by atoms with E-state index in [2.05, 4.69) is 29.7 Å². The molecule has 0 amide bonds. The Balaban J connectivity index is 1.29. The van der Waals surface area contributed by atoms with Gasteiger partial charge in [0.2, 0.25) is 0 Å². The molecule has 0 radical (unpaired) electrons.